The number of allylic oxidation sites excluding steroid dienone is 1. The quantitative estimate of drug-likeness (QED) is 0.244. The van der Waals surface area contributed by atoms with E-state index in [2.05, 4.69) is 13.5 Å². The fourth-order valence-electron chi connectivity index (χ4n) is 5.08. The van der Waals surface area contributed by atoms with Crippen molar-refractivity contribution in [1.29, 1.82) is 0 Å². The largest absolute Gasteiger partial charge is 0.356 e. The summed E-state index contributed by atoms with van der Waals surface area (Å²) in [6, 6.07) is 0. The lowest BCUT2D eigenvalue weighted by Gasteiger charge is -2.32. The van der Waals surface area contributed by atoms with Crippen molar-refractivity contribution in [2.24, 2.45) is 23.7 Å². The maximum Gasteiger partial charge on any atom is 0.356 e. The number of hydrogen-bond donors (Lipinski definition) is 0. The van der Waals surface area contributed by atoms with Gasteiger partial charge in [-0.25, -0.2) is 0 Å². The van der Waals surface area contributed by atoms with Gasteiger partial charge < -0.3 is 4.74 Å². The summed E-state index contributed by atoms with van der Waals surface area (Å²) < 4.78 is 33.8. The highest BCUT2D eigenvalue weighted by Gasteiger charge is 2.36. The molecule has 1 nitrogen and oxygen atoms in total. The molecular weight excluding hydrogens is 342 g/mol. The van der Waals surface area contributed by atoms with Gasteiger partial charge in [-0.3, -0.25) is 0 Å². The molecular formula is C24H42F2O. The molecule has 0 radical (unpaired) electrons. The van der Waals surface area contributed by atoms with Crippen molar-refractivity contribution in [3.8, 4) is 0 Å². The molecule has 0 aromatic rings. The second-order valence-corrected chi connectivity index (χ2v) is 9.29. The van der Waals surface area contributed by atoms with E-state index in [4.69, 9.17) is 4.74 Å². The summed E-state index contributed by atoms with van der Waals surface area (Å²) in [6.45, 7) is 6.26. The summed E-state index contributed by atoms with van der Waals surface area (Å²) in [5.74, 6) is 2.01. The van der Waals surface area contributed by atoms with Crippen molar-refractivity contribution in [3.63, 3.8) is 0 Å². The van der Waals surface area contributed by atoms with Gasteiger partial charge in [-0.05, 0) is 62.2 Å². The zero-order chi connectivity index (χ0) is 19.5. The smallest absolute Gasteiger partial charge is 0.320 e. The molecule has 0 atom stereocenters. The standard InChI is InChI=1S/C24H42F2O/c1-3-5-7-9-21-12-16-23(17-13-21)19-27-24(25,26)18-22-14-10-20(11-15-22)8-6-4-2/h4,20-23H,2-3,5-19H2,1H3. The molecule has 0 aromatic carbocycles. The first-order valence-corrected chi connectivity index (χ1v) is 11.6. The molecule has 2 aliphatic rings. The maximum absolute atomic E-state index is 14.3. The molecule has 0 amide bonds. The lowest BCUT2D eigenvalue weighted by atomic mass is 9.78. The number of alkyl halides is 2. The van der Waals surface area contributed by atoms with Crippen LogP contribution in [0.5, 0.6) is 0 Å². The van der Waals surface area contributed by atoms with E-state index in [-0.39, 0.29) is 18.9 Å². The number of halogens is 2. The third kappa shape index (κ3) is 9.07. The minimum atomic E-state index is -2.93. The van der Waals surface area contributed by atoms with E-state index in [1.54, 1.807) is 0 Å². The molecule has 0 spiro atoms. The van der Waals surface area contributed by atoms with Crippen molar-refractivity contribution in [2.75, 3.05) is 6.61 Å². The van der Waals surface area contributed by atoms with Gasteiger partial charge in [0.1, 0.15) is 0 Å². The number of ether oxygens (including phenoxy) is 1. The predicted molar refractivity (Wildman–Crippen MR) is 110 cm³/mol. The minimum absolute atomic E-state index is 0.0759. The summed E-state index contributed by atoms with van der Waals surface area (Å²) in [6.07, 6.45) is 15.0. The number of unbranched alkanes of at least 4 members (excludes halogenated alkanes) is 2. The van der Waals surface area contributed by atoms with Crippen LogP contribution in [0.2, 0.25) is 0 Å². The Morgan fingerprint density at radius 1 is 0.852 bits per heavy atom. The molecule has 0 unspecified atom stereocenters. The highest BCUT2D eigenvalue weighted by molar-refractivity contribution is 4.78. The Balaban J connectivity index is 1.59. The van der Waals surface area contributed by atoms with Gasteiger partial charge in [-0.1, -0.05) is 64.4 Å². The molecule has 0 N–H and O–H groups in total. The minimum Gasteiger partial charge on any atom is -0.320 e. The lowest BCUT2D eigenvalue weighted by molar-refractivity contribution is -0.256. The van der Waals surface area contributed by atoms with E-state index in [9.17, 15) is 8.78 Å². The average molecular weight is 385 g/mol. The van der Waals surface area contributed by atoms with Gasteiger partial charge in [0.15, 0.2) is 0 Å². The first-order valence-electron chi connectivity index (χ1n) is 11.6. The van der Waals surface area contributed by atoms with Gasteiger partial charge in [-0.2, -0.15) is 8.78 Å². The molecule has 158 valence electrons. The van der Waals surface area contributed by atoms with Crippen molar-refractivity contribution in [2.45, 2.75) is 109 Å². The SMILES string of the molecule is C=CCCC1CCC(CC(F)(F)OCC2CCC(CCCCC)CC2)CC1. The van der Waals surface area contributed by atoms with Crippen molar-refractivity contribution < 1.29 is 13.5 Å². The molecule has 0 heterocycles. The van der Waals surface area contributed by atoms with Crippen LogP contribution in [0, 0.1) is 23.7 Å². The van der Waals surface area contributed by atoms with Crippen LogP contribution in [0.1, 0.15) is 103 Å². The molecule has 27 heavy (non-hydrogen) atoms. The summed E-state index contributed by atoms with van der Waals surface area (Å²) in [5, 5.41) is 0. The van der Waals surface area contributed by atoms with Crippen molar-refractivity contribution in [1.82, 2.24) is 0 Å². The monoisotopic (exact) mass is 384 g/mol. The maximum atomic E-state index is 14.3. The van der Waals surface area contributed by atoms with Crippen molar-refractivity contribution in [3.05, 3.63) is 12.7 Å². The first kappa shape index (κ1) is 22.8. The second kappa shape index (κ2) is 12.2. The fourth-order valence-corrected chi connectivity index (χ4v) is 5.08. The van der Waals surface area contributed by atoms with Gasteiger partial charge >= 0.3 is 6.11 Å². The molecule has 0 bridgehead atoms. The van der Waals surface area contributed by atoms with E-state index in [0.29, 0.717) is 11.8 Å². The van der Waals surface area contributed by atoms with Gasteiger partial charge in [0, 0.05) is 6.42 Å². The van der Waals surface area contributed by atoms with E-state index in [1.165, 1.54) is 44.9 Å². The Kier molecular flexibility index (Phi) is 10.3. The van der Waals surface area contributed by atoms with Gasteiger partial charge in [0.05, 0.1) is 6.61 Å². The van der Waals surface area contributed by atoms with Crippen LogP contribution in [0.4, 0.5) is 8.78 Å². The Hall–Kier alpha value is -0.440. The van der Waals surface area contributed by atoms with Crippen molar-refractivity contribution >= 4 is 0 Å². The Bertz CT molecular complexity index is 393. The number of rotatable bonds is 12. The van der Waals surface area contributed by atoms with Crippen LogP contribution in [0.3, 0.4) is 0 Å². The molecule has 3 heteroatoms. The van der Waals surface area contributed by atoms with E-state index in [0.717, 1.165) is 50.9 Å². The zero-order valence-corrected chi connectivity index (χ0v) is 17.6. The van der Waals surface area contributed by atoms with Gasteiger partial charge in [0.2, 0.25) is 0 Å². The van der Waals surface area contributed by atoms with Crippen LogP contribution in [-0.4, -0.2) is 12.7 Å². The summed E-state index contributed by atoms with van der Waals surface area (Å²) >= 11 is 0. The second-order valence-electron chi connectivity index (χ2n) is 9.29. The van der Waals surface area contributed by atoms with Crippen LogP contribution < -0.4 is 0 Å². The van der Waals surface area contributed by atoms with Gasteiger partial charge in [0.25, 0.3) is 0 Å². The Morgan fingerprint density at radius 2 is 1.41 bits per heavy atom. The van der Waals surface area contributed by atoms with E-state index in [1.807, 2.05) is 6.08 Å². The molecule has 2 fully saturated rings. The zero-order valence-electron chi connectivity index (χ0n) is 17.6. The first-order chi connectivity index (χ1) is 13.0. The molecule has 2 aliphatic carbocycles. The van der Waals surface area contributed by atoms with E-state index >= 15 is 0 Å². The summed E-state index contributed by atoms with van der Waals surface area (Å²) in [4.78, 5) is 0. The summed E-state index contributed by atoms with van der Waals surface area (Å²) in [7, 11) is 0. The molecule has 0 aromatic heterocycles. The summed E-state index contributed by atoms with van der Waals surface area (Å²) in [5.41, 5.74) is 0. The van der Waals surface area contributed by atoms with Crippen LogP contribution >= 0.6 is 0 Å². The molecule has 0 saturated heterocycles. The fraction of sp³-hybridized carbons (Fsp3) is 0.917. The molecule has 2 saturated carbocycles. The van der Waals surface area contributed by atoms with E-state index < -0.39 is 6.11 Å². The normalized spacial score (nSPS) is 29.6. The highest BCUT2D eigenvalue weighted by atomic mass is 19.3. The predicted octanol–water partition coefficient (Wildman–Crippen LogP) is 8.15. The van der Waals surface area contributed by atoms with Gasteiger partial charge in [-0.15, -0.1) is 6.58 Å². The van der Waals surface area contributed by atoms with Crippen LogP contribution in [-0.2, 0) is 4.74 Å². The Labute approximate surface area is 166 Å². The van der Waals surface area contributed by atoms with Crippen LogP contribution in [0.15, 0.2) is 12.7 Å². The van der Waals surface area contributed by atoms with Crippen LogP contribution in [0.25, 0.3) is 0 Å². The molecule has 2 rings (SSSR count). The molecule has 0 aliphatic heterocycles. The highest BCUT2D eigenvalue weighted by Crippen LogP contribution is 2.39. The Morgan fingerprint density at radius 3 is 2.00 bits per heavy atom. The average Bonchev–Trinajstić information content (AvgIpc) is 2.67. The lowest BCUT2D eigenvalue weighted by Crippen LogP contribution is -2.30. The topological polar surface area (TPSA) is 9.23 Å². The number of hydrogen-bond acceptors (Lipinski definition) is 1. The third-order valence-electron chi connectivity index (χ3n) is 6.98. The third-order valence-corrected chi connectivity index (χ3v) is 6.98.